The smallest absolute Gasteiger partial charge is 0.433 e. The Morgan fingerprint density at radius 1 is 1.29 bits per heavy atom. The van der Waals surface area contributed by atoms with E-state index in [9.17, 15) is 21.6 Å². The Morgan fingerprint density at radius 3 is 2.79 bits per heavy atom. The highest BCUT2D eigenvalue weighted by molar-refractivity contribution is 7.88. The number of benzene rings is 1. The van der Waals surface area contributed by atoms with E-state index in [-0.39, 0.29) is 12.3 Å². The summed E-state index contributed by atoms with van der Waals surface area (Å²) in [4.78, 5) is 7.09. The first-order valence-corrected chi connectivity index (χ1v) is 10.3. The molecule has 1 aliphatic heterocycles. The Bertz CT molecular complexity index is 935. The minimum atomic E-state index is -4.60. The van der Waals surface area contributed by atoms with Gasteiger partial charge in [-0.2, -0.15) is 22.5 Å². The predicted molar refractivity (Wildman–Crippen MR) is 96.1 cm³/mol. The van der Waals surface area contributed by atoms with Gasteiger partial charge in [-0.3, -0.25) is 0 Å². The molecule has 0 N–H and O–H groups in total. The van der Waals surface area contributed by atoms with Gasteiger partial charge in [-0.1, -0.05) is 29.8 Å². The van der Waals surface area contributed by atoms with E-state index in [2.05, 4.69) is 9.97 Å². The minimum absolute atomic E-state index is 0.0494. The van der Waals surface area contributed by atoms with E-state index in [1.54, 1.807) is 12.1 Å². The largest absolute Gasteiger partial charge is 0.459 e. The predicted octanol–water partition coefficient (Wildman–Crippen LogP) is 3.18. The third kappa shape index (κ3) is 5.20. The molecule has 1 unspecified atom stereocenters. The van der Waals surface area contributed by atoms with Gasteiger partial charge in [0.05, 0.1) is 12.3 Å². The lowest BCUT2D eigenvalue weighted by molar-refractivity contribution is -0.141. The average molecular weight is 415 g/mol. The van der Waals surface area contributed by atoms with Crippen LogP contribution in [0.25, 0.3) is 0 Å². The summed E-state index contributed by atoms with van der Waals surface area (Å²) in [6.45, 7) is 2.28. The first kappa shape index (κ1) is 20.5. The topological polar surface area (TPSA) is 72.4 Å². The lowest BCUT2D eigenvalue weighted by atomic mass is 10.1. The van der Waals surface area contributed by atoms with Crippen molar-refractivity contribution >= 4 is 10.0 Å². The molecule has 6 nitrogen and oxygen atoms in total. The van der Waals surface area contributed by atoms with E-state index >= 15 is 0 Å². The summed E-state index contributed by atoms with van der Waals surface area (Å²) in [6, 6.07) is 7.60. The molecule has 1 atom stereocenters. The van der Waals surface area contributed by atoms with Crippen LogP contribution in [0.3, 0.4) is 0 Å². The van der Waals surface area contributed by atoms with Gasteiger partial charge in [-0.25, -0.2) is 13.4 Å². The molecule has 1 aromatic heterocycles. The number of aryl methyl sites for hydroxylation is 1. The quantitative estimate of drug-likeness (QED) is 0.750. The molecule has 0 spiro atoms. The highest BCUT2D eigenvalue weighted by Crippen LogP contribution is 2.28. The molecule has 10 heteroatoms. The Labute approximate surface area is 161 Å². The molecule has 2 heterocycles. The summed E-state index contributed by atoms with van der Waals surface area (Å²) >= 11 is 0. The maximum absolute atomic E-state index is 12.8. The molecule has 28 heavy (non-hydrogen) atoms. The van der Waals surface area contributed by atoms with Crippen LogP contribution < -0.4 is 4.74 Å². The molecule has 0 bridgehead atoms. The second-order valence-electron chi connectivity index (χ2n) is 6.71. The summed E-state index contributed by atoms with van der Waals surface area (Å²) in [5.74, 6) is -0.137. The molecular weight excluding hydrogens is 395 g/mol. The van der Waals surface area contributed by atoms with Crippen LogP contribution >= 0.6 is 0 Å². The van der Waals surface area contributed by atoms with Gasteiger partial charge in [0.25, 0.3) is 0 Å². The number of rotatable bonds is 5. The SMILES string of the molecule is Cc1cccc(CS(=O)(=O)N2CCCC(Oc3nccc(C(F)(F)F)n3)C2)c1. The summed E-state index contributed by atoms with van der Waals surface area (Å²) in [7, 11) is -3.58. The summed E-state index contributed by atoms with van der Waals surface area (Å²) in [5, 5.41) is 0. The zero-order chi connectivity index (χ0) is 20.4. The van der Waals surface area contributed by atoms with Crippen LogP contribution in [0.4, 0.5) is 13.2 Å². The fraction of sp³-hybridized carbons (Fsp3) is 0.444. The van der Waals surface area contributed by atoms with E-state index in [1.807, 2.05) is 19.1 Å². The standard InChI is InChI=1S/C18H20F3N3O3S/c1-13-4-2-5-14(10-13)12-28(25,26)24-9-3-6-15(11-24)27-17-22-8-7-16(23-17)18(19,20)21/h2,4-5,7-8,10,15H,3,6,9,11-12H2,1H3. The number of piperidine rings is 1. The van der Waals surface area contributed by atoms with Crippen molar-refractivity contribution in [1.29, 1.82) is 0 Å². The molecule has 0 amide bonds. The molecule has 1 fully saturated rings. The van der Waals surface area contributed by atoms with Crippen molar-refractivity contribution in [3.63, 3.8) is 0 Å². The summed E-state index contributed by atoms with van der Waals surface area (Å²) in [5.41, 5.74) is 0.552. The summed E-state index contributed by atoms with van der Waals surface area (Å²) in [6.07, 6.45) is -3.19. The van der Waals surface area contributed by atoms with Gasteiger partial charge in [0.15, 0.2) is 5.69 Å². The highest BCUT2D eigenvalue weighted by Gasteiger charge is 2.34. The number of nitrogens with zero attached hydrogens (tertiary/aromatic N) is 3. The third-order valence-corrected chi connectivity index (χ3v) is 6.18. The van der Waals surface area contributed by atoms with Crippen molar-refractivity contribution < 1.29 is 26.3 Å². The number of aromatic nitrogens is 2. The lowest BCUT2D eigenvalue weighted by Gasteiger charge is -2.31. The van der Waals surface area contributed by atoms with E-state index in [1.165, 1.54) is 4.31 Å². The van der Waals surface area contributed by atoms with Crippen LogP contribution in [0, 0.1) is 6.92 Å². The van der Waals surface area contributed by atoms with Crippen LogP contribution in [-0.4, -0.2) is 41.9 Å². The summed E-state index contributed by atoms with van der Waals surface area (Å²) < 4.78 is 70.6. The van der Waals surface area contributed by atoms with Gasteiger partial charge in [0.1, 0.15) is 6.10 Å². The van der Waals surface area contributed by atoms with Gasteiger partial charge in [-0.15, -0.1) is 0 Å². The normalized spacial score (nSPS) is 18.8. The number of ether oxygens (including phenoxy) is 1. The molecule has 1 saturated heterocycles. The van der Waals surface area contributed by atoms with E-state index in [4.69, 9.17) is 4.74 Å². The van der Waals surface area contributed by atoms with Gasteiger partial charge in [0, 0.05) is 12.7 Å². The molecular formula is C18H20F3N3O3S. The van der Waals surface area contributed by atoms with Crippen molar-refractivity contribution in [1.82, 2.24) is 14.3 Å². The Kier molecular flexibility index (Phi) is 5.90. The molecule has 0 aliphatic carbocycles. The van der Waals surface area contributed by atoms with Crippen molar-refractivity contribution in [2.75, 3.05) is 13.1 Å². The molecule has 0 saturated carbocycles. The van der Waals surface area contributed by atoms with E-state index in [0.29, 0.717) is 24.9 Å². The molecule has 1 aliphatic rings. The van der Waals surface area contributed by atoms with Gasteiger partial charge in [-0.05, 0) is 31.4 Å². The first-order chi connectivity index (χ1) is 13.1. The Hall–Kier alpha value is -2.20. The monoisotopic (exact) mass is 415 g/mol. The second-order valence-corrected chi connectivity index (χ2v) is 8.68. The average Bonchev–Trinajstić information content (AvgIpc) is 2.61. The van der Waals surface area contributed by atoms with Crippen molar-refractivity contribution in [3.8, 4) is 6.01 Å². The lowest BCUT2D eigenvalue weighted by Crippen LogP contribution is -2.44. The number of hydrogen-bond donors (Lipinski definition) is 0. The molecule has 3 rings (SSSR count). The number of hydrogen-bond acceptors (Lipinski definition) is 5. The zero-order valence-corrected chi connectivity index (χ0v) is 16.0. The van der Waals surface area contributed by atoms with Crippen molar-refractivity contribution in [3.05, 3.63) is 53.3 Å². The number of sulfonamides is 1. The van der Waals surface area contributed by atoms with Crippen LogP contribution in [0.2, 0.25) is 0 Å². The molecule has 0 radical (unpaired) electrons. The number of halogens is 3. The Morgan fingerprint density at radius 2 is 2.07 bits per heavy atom. The van der Waals surface area contributed by atoms with Gasteiger partial charge >= 0.3 is 12.2 Å². The van der Waals surface area contributed by atoms with Gasteiger partial charge < -0.3 is 4.74 Å². The fourth-order valence-corrected chi connectivity index (χ4v) is 4.65. The van der Waals surface area contributed by atoms with Crippen LogP contribution in [-0.2, 0) is 22.0 Å². The van der Waals surface area contributed by atoms with Crippen LogP contribution in [0.1, 0.15) is 29.7 Å². The van der Waals surface area contributed by atoms with Crippen LogP contribution in [0.5, 0.6) is 6.01 Å². The maximum Gasteiger partial charge on any atom is 0.433 e. The molecule has 1 aromatic carbocycles. The molecule has 152 valence electrons. The van der Waals surface area contributed by atoms with Crippen molar-refractivity contribution in [2.24, 2.45) is 0 Å². The van der Waals surface area contributed by atoms with Gasteiger partial charge in [0.2, 0.25) is 10.0 Å². The fourth-order valence-electron chi connectivity index (χ4n) is 3.06. The third-order valence-electron chi connectivity index (χ3n) is 4.36. The first-order valence-electron chi connectivity index (χ1n) is 8.74. The zero-order valence-electron chi connectivity index (χ0n) is 15.2. The van der Waals surface area contributed by atoms with Crippen molar-refractivity contribution in [2.45, 2.75) is 37.8 Å². The second kappa shape index (κ2) is 8.04. The number of alkyl halides is 3. The molecule has 2 aromatic rings. The maximum atomic E-state index is 12.8. The minimum Gasteiger partial charge on any atom is -0.459 e. The highest BCUT2D eigenvalue weighted by atomic mass is 32.2. The van der Waals surface area contributed by atoms with E-state index < -0.39 is 34.0 Å². The Balaban J connectivity index is 1.68. The van der Waals surface area contributed by atoms with E-state index in [0.717, 1.165) is 17.8 Å². The van der Waals surface area contributed by atoms with Crippen LogP contribution in [0.15, 0.2) is 36.5 Å².